The first-order valence-corrected chi connectivity index (χ1v) is 21.4. The Morgan fingerprint density at radius 3 is 1.69 bits per heavy atom. The second-order valence-corrected chi connectivity index (χ2v) is 14.4. The Morgan fingerprint density at radius 2 is 1.14 bits per heavy atom. The van der Waals surface area contributed by atoms with E-state index in [-0.39, 0.29) is 45.4 Å². The Hall–Kier alpha value is -2.00. The molecule has 0 radical (unpaired) electrons. The summed E-state index contributed by atoms with van der Waals surface area (Å²) >= 11 is 0. The molecule has 0 saturated heterocycles. The fourth-order valence-electron chi connectivity index (χ4n) is 5.07. The molecule has 1 unspecified atom stereocenters. The number of aliphatic hydroxyl groups excluding tert-OH is 1. The van der Waals surface area contributed by atoms with Gasteiger partial charge in [-0.05, 0) is 70.3 Å². The second kappa shape index (κ2) is 39.2. The van der Waals surface area contributed by atoms with Crippen LogP contribution in [0.4, 0.5) is 0 Å². The van der Waals surface area contributed by atoms with Crippen molar-refractivity contribution >= 4 is 13.8 Å². The smallest absolute Gasteiger partial charge is 0.472 e. The van der Waals surface area contributed by atoms with E-state index in [2.05, 4.69) is 55.5 Å². The van der Waals surface area contributed by atoms with Crippen molar-refractivity contribution in [1.82, 2.24) is 0 Å². The molecule has 51 heavy (non-hydrogen) atoms. The molecular formula is C41H74NO8P. The third-order valence-corrected chi connectivity index (χ3v) is 9.07. The summed E-state index contributed by atoms with van der Waals surface area (Å²) in [5.41, 5.74) is 5.35. The molecule has 0 rings (SSSR count). The summed E-state index contributed by atoms with van der Waals surface area (Å²) in [5, 5.41) is 8.78. The highest BCUT2D eigenvalue weighted by Gasteiger charge is 2.24. The normalized spacial score (nSPS) is 14.1. The van der Waals surface area contributed by atoms with Crippen LogP contribution >= 0.6 is 7.82 Å². The standard InChI is InChI=1S/C41H74NO8P/c1-2-3-4-5-6-7-8-9-17-20-23-26-29-32-36-47-40(39-50-51(45,46)49-37-34-42)38-48-41(44)33-30-27-24-21-18-15-13-11-10-12-14-16-19-22-25-28-31-35-43/h10,12-13,15-16,19,21,24,32,36,40,43H,2-9,11,14,17-18,20,22-23,25-31,33-35,37-39,42H2,1H3,(H,45,46)/b12-10-,15-13-,19-16-,24-21-,36-32+/t40-/m1/s1. The lowest BCUT2D eigenvalue weighted by Crippen LogP contribution is -2.25. The van der Waals surface area contributed by atoms with Crippen LogP contribution in [-0.4, -0.2) is 55.0 Å². The number of esters is 1. The minimum Gasteiger partial charge on any atom is -0.492 e. The van der Waals surface area contributed by atoms with Crippen LogP contribution in [0.3, 0.4) is 0 Å². The van der Waals surface area contributed by atoms with Crippen molar-refractivity contribution in [1.29, 1.82) is 0 Å². The number of nitrogens with two attached hydrogens (primary N) is 1. The Kier molecular flexibility index (Phi) is 37.7. The van der Waals surface area contributed by atoms with Gasteiger partial charge in [-0.3, -0.25) is 13.8 Å². The molecule has 10 heteroatoms. The van der Waals surface area contributed by atoms with Crippen molar-refractivity contribution in [3.8, 4) is 0 Å². The van der Waals surface area contributed by atoms with E-state index in [4.69, 9.17) is 29.4 Å². The van der Waals surface area contributed by atoms with Gasteiger partial charge in [0.05, 0.1) is 19.5 Å². The highest BCUT2D eigenvalue weighted by Crippen LogP contribution is 2.43. The summed E-state index contributed by atoms with van der Waals surface area (Å²) in [6.45, 7) is 2.14. The first-order chi connectivity index (χ1) is 24.9. The number of rotatable bonds is 38. The quantitative estimate of drug-likeness (QED) is 0.0186. The summed E-state index contributed by atoms with van der Waals surface area (Å²) in [7, 11) is -4.28. The maximum Gasteiger partial charge on any atom is 0.472 e. The van der Waals surface area contributed by atoms with Crippen LogP contribution in [0, 0.1) is 0 Å². The van der Waals surface area contributed by atoms with Gasteiger partial charge in [-0.15, -0.1) is 0 Å². The molecular weight excluding hydrogens is 665 g/mol. The minimum absolute atomic E-state index is 0.0872. The molecule has 0 bridgehead atoms. The molecule has 0 saturated carbocycles. The van der Waals surface area contributed by atoms with E-state index in [1.165, 1.54) is 70.6 Å². The predicted molar refractivity (Wildman–Crippen MR) is 211 cm³/mol. The van der Waals surface area contributed by atoms with Crippen LogP contribution in [0.2, 0.25) is 0 Å². The van der Waals surface area contributed by atoms with Gasteiger partial charge in [-0.25, -0.2) is 4.57 Å². The monoisotopic (exact) mass is 740 g/mol. The van der Waals surface area contributed by atoms with E-state index >= 15 is 0 Å². The van der Waals surface area contributed by atoms with Gasteiger partial charge < -0.3 is 25.2 Å². The van der Waals surface area contributed by atoms with Crippen LogP contribution in [-0.2, 0) is 27.9 Å². The number of hydrogen-bond donors (Lipinski definition) is 3. The zero-order chi connectivity index (χ0) is 37.4. The number of carbonyl (C=O) groups excluding carboxylic acids is 1. The number of hydrogen-bond acceptors (Lipinski definition) is 8. The summed E-state index contributed by atoms with van der Waals surface area (Å²) < 4.78 is 33.0. The second-order valence-electron chi connectivity index (χ2n) is 12.9. The van der Waals surface area contributed by atoms with Crippen LogP contribution in [0.15, 0.2) is 60.9 Å². The molecule has 0 aromatic heterocycles. The highest BCUT2D eigenvalue weighted by atomic mass is 31.2. The summed E-state index contributed by atoms with van der Waals surface area (Å²) in [4.78, 5) is 22.2. The van der Waals surface area contributed by atoms with E-state index in [0.29, 0.717) is 6.42 Å². The third kappa shape index (κ3) is 39.0. The molecule has 0 aliphatic rings. The van der Waals surface area contributed by atoms with Gasteiger partial charge >= 0.3 is 13.8 Å². The van der Waals surface area contributed by atoms with Gasteiger partial charge in [0.1, 0.15) is 6.61 Å². The first-order valence-electron chi connectivity index (χ1n) is 19.9. The van der Waals surface area contributed by atoms with Crippen molar-refractivity contribution in [3.05, 3.63) is 60.9 Å². The molecule has 296 valence electrons. The Bertz CT molecular complexity index is 965. The summed E-state index contributed by atoms with van der Waals surface area (Å²) in [6.07, 6.45) is 45.0. The number of aliphatic hydroxyl groups is 1. The van der Waals surface area contributed by atoms with Crippen LogP contribution in [0.1, 0.15) is 155 Å². The molecule has 0 aromatic carbocycles. The van der Waals surface area contributed by atoms with Gasteiger partial charge in [0.15, 0.2) is 6.10 Å². The fourth-order valence-corrected chi connectivity index (χ4v) is 5.83. The Labute approximate surface area is 311 Å². The molecule has 0 aromatic rings. The largest absolute Gasteiger partial charge is 0.492 e. The predicted octanol–water partition coefficient (Wildman–Crippen LogP) is 10.7. The zero-order valence-electron chi connectivity index (χ0n) is 32.0. The molecule has 4 N–H and O–H groups in total. The number of unbranched alkanes of at least 4 members (excludes halogenated alkanes) is 16. The lowest BCUT2D eigenvalue weighted by molar-refractivity contribution is -0.147. The minimum atomic E-state index is -4.28. The number of carbonyl (C=O) groups is 1. The molecule has 0 fully saturated rings. The molecule has 0 amide bonds. The number of ether oxygens (including phenoxy) is 2. The number of allylic oxidation sites excluding steroid dienone is 9. The number of phosphoric ester groups is 1. The first kappa shape index (κ1) is 49.0. The van der Waals surface area contributed by atoms with Crippen molar-refractivity contribution in [2.75, 3.05) is 33.0 Å². The van der Waals surface area contributed by atoms with E-state index in [1.54, 1.807) is 6.26 Å². The Balaban J connectivity index is 4.22. The van der Waals surface area contributed by atoms with Crippen molar-refractivity contribution < 1.29 is 37.9 Å². The summed E-state index contributed by atoms with van der Waals surface area (Å²) in [5.74, 6) is -0.354. The number of phosphoric acid groups is 1. The lowest BCUT2D eigenvalue weighted by atomic mass is 10.0. The molecule has 0 aliphatic carbocycles. The van der Waals surface area contributed by atoms with Crippen LogP contribution in [0.5, 0.6) is 0 Å². The topological polar surface area (TPSA) is 138 Å². The van der Waals surface area contributed by atoms with E-state index in [0.717, 1.165) is 64.2 Å². The van der Waals surface area contributed by atoms with Crippen molar-refractivity contribution in [2.24, 2.45) is 5.73 Å². The van der Waals surface area contributed by atoms with E-state index in [1.807, 2.05) is 6.08 Å². The van der Waals surface area contributed by atoms with E-state index in [9.17, 15) is 14.3 Å². The molecule has 9 nitrogen and oxygen atoms in total. The van der Waals surface area contributed by atoms with Gasteiger partial charge in [0, 0.05) is 19.6 Å². The highest BCUT2D eigenvalue weighted by molar-refractivity contribution is 7.47. The fraction of sp³-hybridized carbons (Fsp3) is 0.732. The van der Waals surface area contributed by atoms with Gasteiger partial charge in [0.25, 0.3) is 0 Å². The summed E-state index contributed by atoms with van der Waals surface area (Å²) in [6, 6.07) is 0. The Morgan fingerprint density at radius 1 is 0.647 bits per heavy atom. The maximum atomic E-state index is 12.3. The zero-order valence-corrected chi connectivity index (χ0v) is 32.9. The van der Waals surface area contributed by atoms with Crippen molar-refractivity contribution in [3.63, 3.8) is 0 Å². The van der Waals surface area contributed by atoms with Crippen molar-refractivity contribution in [2.45, 2.75) is 161 Å². The lowest BCUT2D eigenvalue weighted by Gasteiger charge is -2.19. The average molecular weight is 740 g/mol. The van der Waals surface area contributed by atoms with Gasteiger partial charge in [-0.2, -0.15) is 0 Å². The molecule has 0 spiro atoms. The van der Waals surface area contributed by atoms with Gasteiger partial charge in [-0.1, -0.05) is 133 Å². The van der Waals surface area contributed by atoms with Gasteiger partial charge in [0.2, 0.25) is 0 Å². The average Bonchev–Trinajstić information content (AvgIpc) is 3.12. The van der Waals surface area contributed by atoms with Crippen LogP contribution < -0.4 is 5.73 Å². The maximum absolute atomic E-state index is 12.3. The molecule has 0 heterocycles. The SMILES string of the molecule is CCCCCCCCCCCCCC/C=C/O[C@H](COC(=O)CCC/C=C\C/C=C\C/C=C\C/C=C\CCCCCO)COP(=O)(O)OCCN. The van der Waals surface area contributed by atoms with Crippen LogP contribution in [0.25, 0.3) is 0 Å². The molecule has 2 atom stereocenters. The van der Waals surface area contributed by atoms with E-state index < -0.39 is 13.9 Å². The molecule has 0 aliphatic heterocycles. The third-order valence-electron chi connectivity index (χ3n) is 8.08.